The lowest BCUT2D eigenvalue weighted by Crippen LogP contribution is -2.41. The second kappa shape index (κ2) is 7.49. The highest BCUT2D eigenvalue weighted by Gasteiger charge is 2.24. The van der Waals surface area contributed by atoms with Crippen molar-refractivity contribution in [1.82, 2.24) is 9.88 Å². The Balaban J connectivity index is 1.72. The standard InChI is InChI=1S/C18H21BrN2O3/c1-12-16(9-17(23)21-7-3-4-13(10-21)11-22)20-18(24-12)14-5-2-6-15(19)8-14/h2,5-6,8,13,22H,3-4,7,9-11H2,1H3. The fourth-order valence-corrected chi connectivity index (χ4v) is 3.43. The van der Waals surface area contributed by atoms with Gasteiger partial charge in [-0.2, -0.15) is 0 Å². The first-order valence-corrected chi connectivity index (χ1v) is 8.97. The van der Waals surface area contributed by atoms with Gasteiger partial charge < -0.3 is 14.4 Å². The molecule has 1 unspecified atom stereocenters. The first-order valence-electron chi connectivity index (χ1n) is 8.17. The van der Waals surface area contributed by atoms with Crippen LogP contribution in [0.1, 0.15) is 24.3 Å². The van der Waals surface area contributed by atoms with E-state index in [2.05, 4.69) is 20.9 Å². The molecule has 1 fully saturated rings. The zero-order valence-corrected chi connectivity index (χ0v) is 15.3. The summed E-state index contributed by atoms with van der Waals surface area (Å²) in [6.45, 7) is 3.36. The molecule has 1 N–H and O–H groups in total. The van der Waals surface area contributed by atoms with Crippen LogP contribution in [0.15, 0.2) is 33.2 Å². The van der Waals surface area contributed by atoms with E-state index in [4.69, 9.17) is 4.42 Å². The van der Waals surface area contributed by atoms with Crippen LogP contribution >= 0.6 is 15.9 Å². The Morgan fingerprint density at radius 3 is 3.08 bits per heavy atom. The fraction of sp³-hybridized carbons (Fsp3) is 0.444. The molecule has 5 nitrogen and oxygen atoms in total. The molecule has 6 heteroatoms. The van der Waals surface area contributed by atoms with E-state index in [1.165, 1.54) is 0 Å². The number of amides is 1. The Kier molecular flexibility index (Phi) is 5.36. The van der Waals surface area contributed by atoms with Gasteiger partial charge in [-0.15, -0.1) is 0 Å². The van der Waals surface area contributed by atoms with Crippen molar-refractivity contribution in [3.8, 4) is 11.5 Å². The number of oxazole rings is 1. The summed E-state index contributed by atoms with van der Waals surface area (Å²) in [4.78, 5) is 18.9. The van der Waals surface area contributed by atoms with E-state index in [1.54, 1.807) is 0 Å². The van der Waals surface area contributed by atoms with Gasteiger partial charge in [0.15, 0.2) is 0 Å². The number of halogens is 1. The summed E-state index contributed by atoms with van der Waals surface area (Å²) in [6, 6.07) is 7.73. The van der Waals surface area contributed by atoms with Gasteiger partial charge in [-0.3, -0.25) is 4.79 Å². The van der Waals surface area contributed by atoms with Gasteiger partial charge in [0.05, 0.1) is 12.1 Å². The van der Waals surface area contributed by atoms with Crippen LogP contribution in [0, 0.1) is 12.8 Å². The van der Waals surface area contributed by atoms with Crippen molar-refractivity contribution in [3.05, 3.63) is 40.2 Å². The van der Waals surface area contributed by atoms with Crippen LogP contribution in [0.25, 0.3) is 11.5 Å². The molecule has 1 aliphatic rings. The SMILES string of the molecule is Cc1oc(-c2cccc(Br)c2)nc1CC(=O)N1CCCC(CO)C1. The zero-order valence-electron chi connectivity index (χ0n) is 13.7. The van der Waals surface area contributed by atoms with Crippen LogP contribution < -0.4 is 0 Å². The maximum Gasteiger partial charge on any atom is 0.228 e. The highest BCUT2D eigenvalue weighted by molar-refractivity contribution is 9.10. The molecular weight excluding hydrogens is 372 g/mol. The monoisotopic (exact) mass is 392 g/mol. The maximum atomic E-state index is 12.5. The Morgan fingerprint density at radius 2 is 2.33 bits per heavy atom. The quantitative estimate of drug-likeness (QED) is 0.867. The molecule has 1 aromatic carbocycles. The second-order valence-corrected chi connectivity index (χ2v) is 7.16. The molecule has 128 valence electrons. The minimum atomic E-state index is 0.0466. The predicted molar refractivity (Wildman–Crippen MR) is 94.5 cm³/mol. The van der Waals surface area contributed by atoms with Gasteiger partial charge in [0.25, 0.3) is 0 Å². The topological polar surface area (TPSA) is 66.6 Å². The molecule has 0 aliphatic carbocycles. The van der Waals surface area contributed by atoms with Crippen LogP contribution in [-0.2, 0) is 11.2 Å². The minimum absolute atomic E-state index is 0.0466. The Labute approximate surface area is 149 Å². The molecule has 2 heterocycles. The number of aryl methyl sites for hydroxylation is 1. The Hall–Kier alpha value is -1.66. The zero-order chi connectivity index (χ0) is 17.1. The third-order valence-corrected chi connectivity index (χ3v) is 4.91. The van der Waals surface area contributed by atoms with Crippen LogP contribution in [0.2, 0.25) is 0 Å². The summed E-state index contributed by atoms with van der Waals surface area (Å²) >= 11 is 3.44. The number of rotatable bonds is 4. The van der Waals surface area contributed by atoms with Crippen LogP contribution in [0.4, 0.5) is 0 Å². The Bertz CT molecular complexity index is 729. The smallest absolute Gasteiger partial charge is 0.228 e. The summed E-state index contributed by atoms with van der Waals surface area (Å²) in [5.74, 6) is 1.45. The molecule has 2 aromatic rings. The molecule has 0 spiro atoms. The van der Waals surface area contributed by atoms with Crippen molar-refractivity contribution in [2.45, 2.75) is 26.2 Å². The van der Waals surface area contributed by atoms with Crippen LogP contribution in [-0.4, -0.2) is 40.6 Å². The van der Waals surface area contributed by atoms with E-state index < -0.39 is 0 Å². The molecule has 0 bridgehead atoms. The normalized spacial score (nSPS) is 18.0. The van der Waals surface area contributed by atoms with Crippen molar-refractivity contribution in [3.63, 3.8) is 0 Å². The average Bonchev–Trinajstić information content (AvgIpc) is 2.95. The van der Waals surface area contributed by atoms with E-state index in [9.17, 15) is 9.90 Å². The van der Waals surface area contributed by atoms with E-state index in [0.717, 1.165) is 29.4 Å². The lowest BCUT2D eigenvalue weighted by atomic mass is 9.98. The minimum Gasteiger partial charge on any atom is -0.441 e. The third-order valence-electron chi connectivity index (χ3n) is 4.41. The van der Waals surface area contributed by atoms with Crippen molar-refractivity contribution < 1.29 is 14.3 Å². The summed E-state index contributed by atoms with van der Waals surface area (Å²) < 4.78 is 6.70. The number of nitrogens with zero attached hydrogens (tertiary/aromatic N) is 2. The third kappa shape index (κ3) is 3.87. The van der Waals surface area contributed by atoms with Crippen LogP contribution in [0.3, 0.4) is 0 Å². The molecule has 1 amide bonds. The van der Waals surface area contributed by atoms with E-state index in [-0.39, 0.29) is 24.9 Å². The number of hydrogen-bond acceptors (Lipinski definition) is 4. The van der Waals surface area contributed by atoms with Gasteiger partial charge in [-0.25, -0.2) is 4.98 Å². The maximum absolute atomic E-state index is 12.5. The highest BCUT2D eigenvalue weighted by Crippen LogP contribution is 2.25. The molecular formula is C18H21BrN2O3. The summed E-state index contributed by atoms with van der Waals surface area (Å²) in [5.41, 5.74) is 1.56. The molecule has 1 aliphatic heterocycles. The summed E-state index contributed by atoms with van der Waals surface area (Å²) in [7, 11) is 0. The molecule has 1 aromatic heterocycles. The average molecular weight is 393 g/mol. The summed E-state index contributed by atoms with van der Waals surface area (Å²) in [6.07, 6.45) is 2.16. The molecule has 0 radical (unpaired) electrons. The van der Waals surface area contributed by atoms with Gasteiger partial charge in [0, 0.05) is 29.7 Å². The van der Waals surface area contributed by atoms with Gasteiger partial charge in [-0.05, 0) is 43.9 Å². The molecule has 1 atom stereocenters. The van der Waals surface area contributed by atoms with Gasteiger partial charge >= 0.3 is 0 Å². The first-order chi connectivity index (χ1) is 11.6. The van der Waals surface area contributed by atoms with Crippen molar-refractivity contribution in [2.75, 3.05) is 19.7 Å². The lowest BCUT2D eigenvalue weighted by Gasteiger charge is -2.31. The predicted octanol–water partition coefficient (Wildman–Crippen LogP) is 3.19. The molecule has 1 saturated heterocycles. The number of aliphatic hydroxyl groups excluding tert-OH is 1. The van der Waals surface area contributed by atoms with Crippen molar-refractivity contribution in [2.24, 2.45) is 5.92 Å². The number of likely N-dealkylation sites (tertiary alicyclic amines) is 1. The summed E-state index contributed by atoms with van der Waals surface area (Å²) in [5, 5.41) is 9.31. The number of benzene rings is 1. The van der Waals surface area contributed by atoms with Crippen molar-refractivity contribution >= 4 is 21.8 Å². The number of carbonyl (C=O) groups is 1. The van der Waals surface area contributed by atoms with E-state index >= 15 is 0 Å². The number of aromatic nitrogens is 1. The van der Waals surface area contributed by atoms with Crippen LogP contribution in [0.5, 0.6) is 0 Å². The van der Waals surface area contributed by atoms with Gasteiger partial charge in [-0.1, -0.05) is 22.0 Å². The van der Waals surface area contributed by atoms with Gasteiger partial charge in [0.1, 0.15) is 5.76 Å². The number of carbonyl (C=O) groups excluding carboxylic acids is 1. The lowest BCUT2D eigenvalue weighted by molar-refractivity contribution is -0.132. The largest absolute Gasteiger partial charge is 0.441 e. The first kappa shape index (κ1) is 17.2. The number of piperidine rings is 1. The number of aliphatic hydroxyl groups is 1. The number of hydrogen-bond donors (Lipinski definition) is 1. The fourth-order valence-electron chi connectivity index (χ4n) is 3.03. The van der Waals surface area contributed by atoms with E-state index in [1.807, 2.05) is 36.1 Å². The molecule has 24 heavy (non-hydrogen) atoms. The Morgan fingerprint density at radius 1 is 1.50 bits per heavy atom. The highest BCUT2D eigenvalue weighted by atomic mass is 79.9. The van der Waals surface area contributed by atoms with Crippen molar-refractivity contribution in [1.29, 1.82) is 0 Å². The molecule has 3 rings (SSSR count). The second-order valence-electron chi connectivity index (χ2n) is 6.24. The van der Waals surface area contributed by atoms with E-state index in [0.29, 0.717) is 23.9 Å². The molecule has 0 saturated carbocycles. The van der Waals surface area contributed by atoms with Gasteiger partial charge in [0.2, 0.25) is 11.8 Å².